The lowest BCUT2D eigenvalue weighted by atomic mass is 9.93. The minimum absolute atomic E-state index is 0.0412. The van der Waals surface area contributed by atoms with Gasteiger partial charge < -0.3 is 15.2 Å². The first-order chi connectivity index (χ1) is 13.2. The largest absolute Gasteiger partial charge is 0.350 e. The minimum atomic E-state index is -0.260. The molecule has 6 nitrogen and oxygen atoms in total. The second-order valence-corrected chi connectivity index (χ2v) is 8.19. The quantitative estimate of drug-likeness (QED) is 0.717. The summed E-state index contributed by atoms with van der Waals surface area (Å²) in [5.74, 6) is -0.301. The fourth-order valence-electron chi connectivity index (χ4n) is 4.00. The van der Waals surface area contributed by atoms with E-state index in [2.05, 4.69) is 15.2 Å². The van der Waals surface area contributed by atoms with Gasteiger partial charge in [0.2, 0.25) is 5.91 Å². The number of carbonyl (C=O) groups excluding carboxylic acids is 1. The molecule has 4 heterocycles. The Bertz CT molecular complexity index is 1080. The van der Waals surface area contributed by atoms with Gasteiger partial charge in [-0.05, 0) is 30.4 Å². The zero-order chi connectivity index (χ0) is 18.4. The van der Waals surface area contributed by atoms with Crippen LogP contribution in [0.4, 0.5) is 5.13 Å². The zero-order valence-corrected chi connectivity index (χ0v) is 15.6. The molecule has 1 unspecified atom stereocenters. The summed E-state index contributed by atoms with van der Waals surface area (Å²) in [6, 6.07) is 9.66. The van der Waals surface area contributed by atoms with Gasteiger partial charge in [-0.3, -0.25) is 9.59 Å². The summed E-state index contributed by atoms with van der Waals surface area (Å²) in [4.78, 5) is 36.2. The Labute approximate surface area is 160 Å². The van der Waals surface area contributed by atoms with Crippen molar-refractivity contribution in [2.75, 3.05) is 18.0 Å². The number of para-hydroxylation sites is 1. The number of hydrogen-bond donors (Lipinski definition) is 2. The lowest BCUT2D eigenvalue weighted by Gasteiger charge is -2.15. The minimum Gasteiger partial charge on any atom is -0.350 e. The van der Waals surface area contributed by atoms with Crippen molar-refractivity contribution in [2.24, 2.45) is 0 Å². The summed E-state index contributed by atoms with van der Waals surface area (Å²) < 4.78 is 0. The van der Waals surface area contributed by atoms with Gasteiger partial charge in [-0.25, -0.2) is 4.98 Å². The molecule has 5 rings (SSSR count). The maximum Gasteiger partial charge on any atom is 0.252 e. The Morgan fingerprint density at radius 1 is 1.15 bits per heavy atom. The molecule has 138 valence electrons. The lowest BCUT2D eigenvalue weighted by Crippen LogP contribution is -2.23. The molecule has 7 heteroatoms. The molecule has 0 radical (unpaired) electrons. The number of benzene rings is 1. The van der Waals surface area contributed by atoms with Gasteiger partial charge in [0.15, 0.2) is 5.13 Å². The Morgan fingerprint density at radius 2 is 1.96 bits per heavy atom. The number of carbonyl (C=O) groups is 1. The molecule has 1 fully saturated rings. The molecule has 0 aliphatic carbocycles. The number of hydrogen-bond acceptors (Lipinski definition) is 5. The molecule has 0 saturated carbocycles. The van der Waals surface area contributed by atoms with E-state index >= 15 is 0 Å². The number of nitrogens with one attached hydrogen (secondary N) is 2. The summed E-state index contributed by atoms with van der Waals surface area (Å²) in [6.07, 6.45) is 2.65. The molecule has 2 aromatic heterocycles. The van der Waals surface area contributed by atoms with E-state index in [-0.39, 0.29) is 23.8 Å². The van der Waals surface area contributed by atoms with Crippen LogP contribution < -0.4 is 15.8 Å². The predicted octanol–water partition coefficient (Wildman–Crippen LogP) is 2.74. The number of amides is 1. The van der Waals surface area contributed by atoms with Crippen LogP contribution in [0.5, 0.6) is 0 Å². The summed E-state index contributed by atoms with van der Waals surface area (Å²) >= 11 is 1.63. The van der Waals surface area contributed by atoms with Crippen LogP contribution in [0.1, 0.15) is 41.3 Å². The van der Waals surface area contributed by atoms with E-state index in [0.29, 0.717) is 12.1 Å². The van der Waals surface area contributed by atoms with Crippen LogP contribution in [-0.4, -0.2) is 29.0 Å². The van der Waals surface area contributed by atoms with Gasteiger partial charge in [0.1, 0.15) is 0 Å². The van der Waals surface area contributed by atoms with Gasteiger partial charge in [0, 0.05) is 41.4 Å². The number of pyridine rings is 1. The van der Waals surface area contributed by atoms with Gasteiger partial charge in [-0.2, -0.15) is 0 Å². The van der Waals surface area contributed by atoms with Gasteiger partial charge in [0.25, 0.3) is 5.56 Å². The first kappa shape index (κ1) is 16.5. The second-order valence-electron chi connectivity index (χ2n) is 7.18. The van der Waals surface area contributed by atoms with Crippen LogP contribution in [0, 0.1) is 0 Å². The number of nitrogens with zero attached hydrogens (tertiary/aromatic N) is 2. The Hall–Kier alpha value is -2.67. The lowest BCUT2D eigenvalue weighted by molar-refractivity contribution is -0.121. The SMILES string of the molecule is O=C1CC(c2cc3ccccc3[nH]c2=O)c2sc(N3CCCC3)nc2CN1. The van der Waals surface area contributed by atoms with Gasteiger partial charge in [-0.1, -0.05) is 18.2 Å². The van der Waals surface area contributed by atoms with E-state index in [9.17, 15) is 9.59 Å². The van der Waals surface area contributed by atoms with Gasteiger partial charge in [0.05, 0.1) is 12.2 Å². The van der Waals surface area contributed by atoms with Crippen molar-refractivity contribution in [1.82, 2.24) is 15.3 Å². The summed E-state index contributed by atoms with van der Waals surface area (Å²) in [5.41, 5.74) is 2.22. The molecular formula is C20H20N4O2S. The maximum atomic E-state index is 12.8. The van der Waals surface area contributed by atoms with Crippen LogP contribution >= 0.6 is 11.3 Å². The van der Waals surface area contributed by atoms with E-state index in [1.807, 2.05) is 30.3 Å². The monoisotopic (exact) mass is 380 g/mol. The van der Waals surface area contributed by atoms with Crippen LogP contribution in [0.25, 0.3) is 10.9 Å². The Kier molecular flexibility index (Phi) is 3.97. The van der Waals surface area contributed by atoms with Crippen LogP contribution in [0.2, 0.25) is 0 Å². The van der Waals surface area contributed by atoms with E-state index in [0.717, 1.165) is 39.7 Å². The number of thiazole rings is 1. The van der Waals surface area contributed by atoms with E-state index in [1.54, 1.807) is 11.3 Å². The number of anilines is 1. The number of fused-ring (bicyclic) bond motifs is 2. The first-order valence-corrected chi connectivity index (χ1v) is 10.1. The predicted molar refractivity (Wildman–Crippen MR) is 106 cm³/mol. The smallest absolute Gasteiger partial charge is 0.252 e. The third kappa shape index (κ3) is 2.92. The van der Waals surface area contributed by atoms with Crippen molar-refractivity contribution in [2.45, 2.75) is 31.7 Å². The highest BCUT2D eigenvalue weighted by molar-refractivity contribution is 7.15. The summed E-state index contributed by atoms with van der Waals surface area (Å²) in [7, 11) is 0. The molecule has 1 atom stereocenters. The third-order valence-electron chi connectivity index (χ3n) is 5.41. The molecular weight excluding hydrogens is 360 g/mol. The first-order valence-electron chi connectivity index (χ1n) is 9.32. The molecule has 3 aromatic rings. The van der Waals surface area contributed by atoms with Crippen molar-refractivity contribution in [3.63, 3.8) is 0 Å². The molecule has 27 heavy (non-hydrogen) atoms. The number of rotatable bonds is 2. The van der Waals surface area contributed by atoms with Crippen molar-refractivity contribution >= 4 is 33.3 Å². The Balaban J connectivity index is 1.64. The average Bonchev–Trinajstić information content (AvgIpc) is 3.31. The number of H-pyrrole nitrogens is 1. The van der Waals surface area contributed by atoms with Crippen molar-refractivity contribution in [3.05, 3.63) is 56.8 Å². The average molecular weight is 380 g/mol. The molecule has 0 spiro atoms. The van der Waals surface area contributed by atoms with E-state index in [1.165, 1.54) is 12.8 Å². The van der Waals surface area contributed by atoms with Crippen LogP contribution in [0.15, 0.2) is 35.1 Å². The summed E-state index contributed by atoms with van der Waals surface area (Å²) in [5, 5.41) is 4.92. The highest BCUT2D eigenvalue weighted by Gasteiger charge is 2.31. The zero-order valence-electron chi connectivity index (χ0n) is 14.8. The number of aromatic amines is 1. The Morgan fingerprint density at radius 3 is 2.81 bits per heavy atom. The van der Waals surface area contributed by atoms with E-state index in [4.69, 9.17) is 4.98 Å². The third-order valence-corrected chi connectivity index (χ3v) is 6.68. The second kappa shape index (κ2) is 6.49. The van der Waals surface area contributed by atoms with Gasteiger partial charge >= 0.3 is 0 Å². The normalized spacial score (nSPS) is 19.8. The molecule has 1 saturated heterocycles. The molecule has 2 aliphatic heterocycles. The highest BCUT2D eigenvalue weighted by Crippen LogP contribution is 2.39. The topological polar surface area (TPSA) is 78.1 Å². The molecule has 2 aliphatic rings. The van der Waals surface area contributed by atoms with Crippen molar-refractivity contribution in [1.29, 1.82) is 0 Å². The standard InChI is InChI=1S/C20H20N4O2S/c25-17-10-13(14-9-12-5-1-2-6-15(12)22-19(14)26)18-16(11-21-17)23-20(27-18)24-7-3-4-8-24/h1-2,5-6,9,13H,3-4,7-8,10-11H2,(H,21,25)(H,22,26). The highest BCUT2D eigenvalue weighted by atomic mass is 32.1. The fourth-order valence-corrected chi connectivity index (χ4v) is 5.25. The van der Waals surface area contributed by atoms with Crippen LogP contribution in [-0.2, 0) is 11.3 Å². The molecule has 2 N–H and O–H groups in total. The fraction of sp³-hybridized carbons (Fsp3) is 0.350. The summed E-state index contributed by atoms with van der Waals surface area (Å²) in [6.45, 7) is 2.49. The van der Waals surface area contributed by atoms with Crippen LogP contribution in [0.3, 0.4) is 0 Å². The van der Waals surface area contributed by atoms with E-state index < -0.39 is 0 Å². The molecule has 0 bridgehead atoms. The molecule has 1 amide bonds. The van der Waals surface area contributed by atoms with Crippen molar-refractivity contribution < 1.29 is 4.79 Å². The van der Waals surface area contributed by atoms with Crippen molar-refractivity contribution in [3.8, 4) is 0 Å². The molecule has 1 aromatic carbocycles. The number of aromatic nitrogens is 2. The maximum absolute atomic E-state index is 12.8. The van der Waals surface area contributed by atoms with Gasteiger partial charge in [-0.15, -0.1) is 11.3 Å².